The molecule has 9 nitrogen and oxygen atoms in total. The lowest BCUT2D eigenvalue weighted by Gasteiger charge is -2.33. The first-order chi connectivity index (χ1) is 14.2. The number of carbonyl (C=O) groups is 5. The van der Waals surface area contributed by atoms with Crippen LogP contribution in [-0.4, -0.2) is 58.7 Å². The number of ketones is 3. The van der Waals surface area contributed by atoms with Crippen molar-refractivity contribution >= 4 is 40.9 Å². The summed E-state index contributed by atoms with van der Waals surface area (Å²) < 4.78 is 9.79. The van der Waals surface area contributed by atoms with E-state index >= 15 is 0 Å². The Labute approximate surface area is 185 Å². The Hall–Kier alpha value is -2.52. The van der Waals surface area contributed by atoms with E-state index in [1.54, 1.807) is 13.8 Å². The number of hydrogen-bond acceptors (Lipinski definition) is 9. The number of allylic oxidation sites excluding steroid dienone is 1. The third-order valence-corrected chi connectivity index (χ3v) is 4.93. The minimum Gasteiger partial charge on any atom is -0.466 e. The molecule has 2 N–H and O–H groups in total. The number of ether oxygens (including phenoxy) is 2. The Morgan fingerprint density at radius 1 is 1.16 bits per heavy atom. The van der Waals surface area contributed by atoms with Gasteiger partial charge in [0.15, 0.2) is 0 Å². The molecule has 0 saturated carbocycles. The van der Waals surface area contributed by atoms with Gasteiger partial charge < -0.3 is 19.9 Å². The molecule has 1 aliphatic carbocycles. The largest absolute Gasteiger partial charge is 0.466 e. The molecule has 0 heterocycles. The van der Waals surface area contributed by atoms with Gasteiger partial charge in [0, 0.05) is 38.5 Å². The number of halogens is 1. The van der Waals surface area contributed by atoms with Crippen molar-refractivity contribution in [2.75, 3.05) is 13.2 Å². The van der Waals surface area contributed by atoms with E-state index in [1.807, 2.05) is 0 Å². The summed E-state index contributed by atoms with van der Waals surface area (Å²) in [5, 5.41) is 11.9. The highest BCUT2D eigenvalue weighted by molar-refractivity contribution is 6.49. The third-order valence-electron chi connectivity index (χ3n) is 4.53. The third kappa shape index (κ3) is 7.00. The molecule has 0 radical (unpaired) electrons. The van der Waals surface area contributed by atoms with E-state index in [1.165, 1.54) is 13.1 Å². The Balaban J connectivity index is 3.28. The van der Waals surface area contributed by atoms with E-state index in [4.69, 9.17) is 21.1 Å². The molecule has 0 fully saturated rings. The van der Waals surface area contributed by atoms with Gasteiger partial charge >= 0.3 is 11.9 Å². The lowest BCUT2D eigenvalue weighted by Crippen LogP contribution is -2.52. The molecule has 0 amide bonds. The van der Waals surface area contributed by atoms with Gasteiger partial charge in [0.05, 0.1) is 23.8 Å². The highest BCUT2D eigenvalue weighted by Gasteiger charge is 2.52. The van der Waals surface area contributed by atoms with Crippen LogP contribution in [0, 0.1) is 0 Å². The summed E-state index contributed by atoms with van der Waals surface area (Å²) in [6, 6.07) is 0. The molecule has 0 aromatic heterocycles. The highest BCUT2D eigenvalue weighted by atomic mass is 35.5. The molecule has 0 bridgehead atoms. The summed E-state index contributed by atoms with van der Waals surface area (Å²) >= 11 is 6.24. The SMILES string of the molecule is CC(=O)OCCCC(=O)CC1=C(Cl)C(=O)C(C)(OC(C)=O)C(=O)/C1=C\NC(C)(C)CO. The molecule has 1 aliphatic rings. The number of esters is 2. The molecule has 0 aromatic carbocycles. The van der Waals surface area contributed by atoms with Crippen LogP contribution in [0.25, 0.3) is 0 Å². The maximum absolute atomic E-state index is 13.1. The van der Waals surface area contributed by atoms with E-state index in [9.17, 15) is 29.1 Å². The van der Waals surface area contributed by atoms with Crippen molar-refractivity contribution in [2.45, 2.75) is 65.0 Å². The van der Waals surface area contributed by atoms with Gasteiger partial charge in [-0.2, -0.15) is 0 Å². The van der Waals surface area contributed by atoms with Crippen LogP contribution in [0.5, 0.6) is 0 Å². The van der Waals surface area contributed by atoms with Crippen LogP contribution in [-0.2, 0) is 33.4 Å². The highest BCUT2D eigenvalue weighted by Crippen LogP contribution is 2.37. The van der Waals surface area contributed by atoms with Crippen LogP contribution < -0.4 is 5.32 Å². The lowest BCUT2D eigenvalue weighted by atomic mass is 9.79. The molecule has 0 saturated heterocycles. The standard InChI is InChI=1S/C21H28ClNO8/c1-12(25)30-8-6-7-14(27)9-15-16(10-23-20(3,4)11-24)18(28)21(5,31-13(2)26)19(29)17(15)22/h10,23-24H,6-9,11H2,1-5H3/b16-10-. The van der Waals surface area contributed by atoms with Gasteiger partial charge in [-0.15, -0.1) is 0 Å². The van der Waals surface area contributed by atoms with E-state index in [-0.39, 0.29) is 54.4 Å². The molecule has 1 atom stereocenters. The van der Waals surface area contributed by atoms with Crippen molar-refractivity contribution in [3.05, 3.63) is 22.4 Å². The minimum absolute atomic E-state index is 0.0000183. The quantitative estimate of drug-likeness (QED) is 0.216. The van der Waals surface area contributed by atoms with Gasteiger partial charge in [-0.3, -0.25) is 24.0 Å². The lowest BCUT2D eigenvalue weighted by molar-refractivity contribution is -0.167. The molecule has 0 aromatic rings. The monoisotopic (exact) mass is 457 g/mol. The van der Waals surface area contributed by atoms with Crippen molar-refractivity contribution in [3.8, 4) is 0 Å². The first-order valence-corrected chi connectivity index (χ1v) is 10.0. The Kier molecular flexibility index (Phi) is 9.13. The summed E-state index contributed by atoms with van der Waals surface area (Å²) in [5.74, 6) is -3.39. The van der Waals surface area contributed by atoms with Gasteiger partial charge in [0.2, 0.25) is 17.2 Å². The predicted octanol–water partition coefficient (Wildman–Crippen LogP) is 1.50. The topological polar surface area (TPSA) is 136 Å². The fourth-order valence-corrected chi connectivity index (χ4v) is 3.10. The molecule has 1 unspecified atom stereocenters. The smallest absolute Gasteiger partial charge is 0.304 e. The molecular formula is C21H28ClNO8. The molecule has 31 heavy (non-hydrogen) atoms. The van der Waals surface area contributed by atoms with E-state index in [2.05, 4.69) is 5.32 Å². The minimum atomic E-state index is -2.17. The Bertz CT molecular complexity index is 842. The zero-order chi connectivity index (χ0) is 24.0. The molecule has 0 spiro atoms. The van der Waals surface area contributed by atoms with Gasteiger partial charge in [-0.05, 0) is 32.8 Å². The first-order valence-electron chi connectivity index (χ1n) is 9.67. The maximum Gasteiger partial charge on any atom is 0.304 e. The number of hydrogen-bond donors (Lipinski definition) is 2. The van der Waals surface area contributed by atoms with Crippen molar-refractivity contribution in [1.82, 2.24) is 5.32 Å². The Morgan fingerprint density at radius 3 is 2.29 bits per heavy atom. The predicted molar refractivity (Wildman–Crippen MR) is 111 cm³/mol. The second kappa shape index (κ2) is 10.7. The van der Waals surface area contributed by atoms with Gasteiger partial charge in [0.25, 0.3) is 0 Å². The van der Waals surface area contributed by atoms with Crippen LogP contribution in [0.3, 0.4) is 0 Å². The second-order valence-corrected chi connectivity index (χ2v) is 8.36. The summed E-state index contributed by atoms with van der Waals surface area (Å²) in [4.78, 5) is 60.6. The van der Waals surface area contributed by atoms with E-state index < -0.39 is 34.6 Å². The normalized spacial score (nSPS) is 20.7. The number of carbonyl (C=O) groups excluding carboxylic acids is 5. The number of rotatable bonds is 10. The summed E-state index contributed by atoms with van der Waals surface area (Å²) in [5.41, 5.74) is -3.08. The second-order valence-electron chi connectivity index (χ2n) is 7.98. The van der Waals surface area contributed by atoms with Gasteiger partial charge in [-0.25, -0.2) is 0 Å². The fraction of sp³-hybridized carbons (Fsp3) is 0.571. The van der Waals surface area contributed by atoms with E-state index in [0.717, 1.165) is 13.8 Å². The van der Waals surface area contributed by atoms with Gasteiger partial charge in [0.1, 0.15) is 5.78 Å². The van der Waals surface area contributed by atoms with Crippen molar-refractivity contribution < 1.29 is 38.6 Å². The van der Waals surface area contributed by atoms with Crippen molar-refractivity contribution in [3.63, 3.8) is 0 Å². The van der Waals surface area contributed by atoms with E-state index in [0.29, 0.717) is 0 Å². The van der Waals surface area contributed by atoms with Crippen LogP contribution in [0.4, 0.5) is 0 Å². The zero-order valence-electron chi connectivity index (χ0n) is 18.3. The Morgan fingerprint density at radius 2 is 1.77 bits per heavy atom. The number of nitrogens with one attached hydrogen (secondary N) is 1. The average molecular weight is 458 g/mol. The fourth-order valence-electron chi connectivity index (χ4n) is 2.75. The molecule has 172 valence electrons. The molecule has 1 rings (SSSR count). The van der Waals surface area contributed by atoms with Crippen molar-refractivity contribution in [2.24, 2.45) is 0 Å². The zero-order valence-corrected chi connectivity index (χ0v) is 19.1. The van der Waals surface area contributed by atoms with Crippen LogP contribution in [0.15, 0.2) is 22.4 Å². The van der Waals surface area contributed by atoms with Crippen LogP contribution in [0.2, 0.25) is 0 Å². The maximum atomic E-state index is 13.1. The van der Waals surface area contributed by atoms with Crippen LogP contribution in [0.1, 0.15) is 53.9 Å². The molecular weight excluding hydrogens is 430 g/mol. The number of aliphatic hydroxyl groups is 1. The van der Waals surface area contributed by atoms with Gasteiger partial charge in [-0.1, -0.05) is 11.6 Å². The average Bonchev–Trinajstić information content (AvgIpc) is 2.67. The number of Topliss-reactive ketones (excluding diaryl/α,β-unsaturated/α-hetero) is 3. The number of aliphatic hydroxyl groups excluding tert-OH is 1. The first kappa shape index (κ1) is 26.5. The molecule has 10 heteroatoms. The summed E-state index contributed by atoms with van der Waals surface area (Å²) in [6.45, 7) is 6.58. The van der Waals surface area contributed by atoms with Crippen LogP contribution >= 0.6 is 11.6 Å². The van der Waals surface area contributed by atoms with Crippen molar-refractivity contribution in [1.29, 1.82) is 0 Å². The summed E-state index contributed by atoms with van der Waals surface area (Å²) in [6.07, 6.45) is 1.24. The summed E-state index contributed by atoms with van der Waals surface area (Å²) in [7, 11) is 0. The molecule has 0 aliphatic heterocycles.